The third kappa shape index (κ3) is 1.57. The maximum absolute atomic E-state index is 10.6. The van der Waals surface area contributed by atoms with Crippen LogP contribution in [0.25, 0.3) is 0 Å². The number of hydrogen-bond acceptors (Lipinski definition) is 2. The molecule has 10 heavy (non-hydrogen) atoms. The van der Waals surface area contributed by atoms with Crippen molar-refractivity contribution in [1.82, 2.24) is 0 Å². The number of ether oxygens (including phenoxy) is 1. The minimum Gasteiger partial charge on any atom is -0.385 e. The van der Waals surface area contributed by atoms with Gasteiger partial charge in [0, 0.05) is 26.6 Å². The van der Waals surface area contributed by atoms with E-state index >= 15 is 0 Å². The van der Waals surface area contributed by atoms with Crippen LogP contribution in [-0.4, -0.2) is 19.5 Å². The van der Waals surface area contributed by atoms with Crippen LogP contribution < -0.4 is 0 Å². The Labute approximate surface area is 61.6 Å². The molecule has 0 aromatic rings. The summed E-state index contributed by atoms with van der Waals surface area (Å²) in [5, 5.41) is 0. The number of Topliss-reactive ketones (excluding diaryl/α,β-unsaturated/α-hetero) is 1. The molecule has 0 spiro atoms. The number of ketones is 1. The lowest BCUT2D eigenvalue weighted by molar-refractivity contribution is -0.132. The minimum atomic E-state index is 0.271. The van der Waals surface area contributed by atoms with E-state index in [0.717, 1.165) is 25.9 Å². The molecule has 0 aliphatic heterocycles. The molecule has 0 aromatic heterocycles. The van der Waals surface area contributed by atoms with Crippen molar-refractivity contribution in [2.75, 3.05) is 13.7 Å². The van der Waals surface area contributed by atoms with Gasteiger partial charge in [-0.15, -0.1) is 0 Å². The van der Waals surface area contributed by atoms with Crippen LogP contribution in [0.4, 0.5) is 0 Å². The molecule has 0 N–H and O–H groups in total. The van der Waals surface area contributed by atoms with E-state index in [1.54, 1.807) is 7.11 Å². The van der Waals surface area contributed by atoms with E-state index < -0.39 is 0 Å². The van der Waals surface area contributed by atoms with Gasteiger partial charge < -0.3 is 4.74 Å². The summed E-state index contributed by atoms with van der Waals surface area (Å²) >= 11 is 0. The smallest absolute Gasteiger partial charge is 0.134 e. The Morgan fingerprint density at radius 1 is 1.60 bits per heavy atom. The molecule has 0 atom stereocenters. The molecule has 0 bridgehead atoms. The Balaban J connectivity index is 2.21. The van der Waals surface area contributed by atoms with Gasteiger partial charge in [-0.3, -0.25) is 4.79 Å². The third-order valence-corrected chi connectivity index (χ3v) is 2.16. The second kappa shape index (κ2) is 2.70. The van der Waals surface area contributed by atoms with Gasteiger partial charge in [0.2, 0.25) is 0 Å². The van der Waals surface area contributed by atoms with Crippen LogP contribution in [0.3, 0.4) is 0 Å². The normalized spacial score (nSPS) is 22.4. The van der Waals surface area contributed by atoms with Crippen LogP contribution in [-0.2, 0) is 9.53 Å². The molecule has 1 saturated carbocycles. The molecular formula is C8H14O2. The highest BCUT2D eigenvalue weighted by molar-refractivity contribution is 5.85. The summed E-state index contributed by atoms with van der Waals surface area (Å²) in [6.07, 6.45) is 2.54. The zero-order valence-corrected chi connectivity index (χ0v) is 6.64. The third-order valence-electron chi connectivity index (χ3n) is 2.16. The molecule has 1 aliphatic carbocycles. The van der Waals surface area contributed by atoms with Crippen LogP contribution in [0.5, 0.6) is 0 Å². The van der Waals surface area contributed by atoms with Crippen molar-refractivity contribution in [3.8, 4) is 0 Å². The van der Waals surface area contributed by atoms with E-state index in [4.69, 9.17) is 4.74 Å². The number of carbonyl (C=O) groups excluding carboxylic acids is 1. The summed E-state index contributed by atoms with van der Waals surface area (Å²) in [5.41, 5.74) is 0.271. The molecule has 1 rings (SSSR count). The fourth-order valence-electron chi connectivity index (χ4n) is 1.43. The fourth-order valence-corrected chi connectivity index (χ4v) is 1.43. The highest BCUT2D eigenvalue weighted by Crippen LogP contribution is 2.40. The van der Waals surface area contributed by atoms with Gasteiger partial charge in [0.25, 0.3) is 0 Å². The van der Waals surface area contributed by atoms with Crippen molar-refractivity contribution >= 4 is 5.78 Å². The molecular weight excluding hydrogens is 128 g/mol. The first-order chi connectivity index (χ1) is 4.66. The summed E-state index contributed by atoms with van der Waals surface area (Å²) in [6, 6.07) is 0. The number of hydrogen-bond donors (Lipinski definition) is 0. The Morgan fingerprint density at radius 3 is 2.60 bits per heavy atom. The Bertz CT molecular complexity index is 132. The van der Waals surface area contributed by atoms with Crippen LogP contribution in [0, 0.1) is 5.41 Å². The van der Waals surface area contributed by atoms with Gasteiger partial charge in [0.15, 0.2) is 0 Å². The monoisotopic (exact) mass is 142 g/mol. The zero-order chi connectivity index (χ0) is 7.61. The van der Waals surface area contributed by atoms with Crippen LogP contribution >= 0.6 is 0 Å². The topological polar surface area (TPSA) is 26.3 Å². The second-order valence-electron chi connectivity index (χ2n) is 3.45. The molecule has 58 valence electrons. The predicted molar refractivity (Wildman–Crippen MR) is 38.8 cm³/mol. The van der Waals surface area contributed by atoms with Gasteiger partial charge in [-0.1, -0.05) is 6.92 Å². The molecule has 0 unspecified atom stereocenters. The van der Waals surface area contributed by atoms with E-state index in [0.29, 0.717) is 5.78 Å². The summed E-state index contributed by atoms with van der Waals surface area (Å²) in [7, 11) is 1.70. The summed E-state index contributed by atoms with van der Waals surface area (Å²) in [5.74, 6) is 0.401. The van der Waals surface area contributed by atoms with Gasteiger partial charge >= 0.3 is 0 Å². The van der Waals surface area contributed by atoms with Crippen molar-refractivity contribution in [2.24, 2.45) is 5.41 Å². The first-order valence-electron chi connectivity index (χ1n) is 3.67. The van der Waals surface area contributed by atoms with Crippen LogP contribution in [0.1, 0.15) is 26.2 Å². The lowest BCUT2D eigenvalue weighted by atomic mass is 9.67. The van der Waals surface area contributed by atoms with E-state index in [9.17, 15) is 4.79 Å². The Morgan fingerprint density at radius 2 is 2.20 bits per heavy atom. The average Bonchev–Trinajstić information content (AvgIpc) is 1.81. The largest absolute Gasteiger partial charge is 0.385 e. The molecule has 0 aromatic carbocycles. The maximum Gasteiger partial charge on any atom is 0.134 e. The molecule has 0 amide bonds. The van der Waals surface area contributed by atoms with Gasteiger partial charge in [-0.25, -0.2) is 0 Å². The standard InChI is InChI=1S/C8H14O2/c1-8(3-4-10-2)5-7(9)6-8/h3-6H2,1-2H3. The molecule has 1 aliphatic rings. The zero-order valence-electron chi connectivity index (χ0n) is 6.64. The molecule has 0 heterocycles. The fraction of sp³-hybridized carbons (Fsp3) is 0.875. The van der Waals surface area contributed by atoms with Crippen molar-refractivity contribution in [3.63, 3.8) is 0 Å². The lowest BCUT2D eigenvalue weighted by Crippen LogP contribution is -2.35. The first-order valence-corrected chi connectivity index (χ1v) is 3.67. The molecule has 2 nitrogen and oxygen atoms in total. The van der Waals surface area contributed by atoms with E-state index in [1.165, 1.54) is 0 Å². The second-order valence-corrected chi connectivity index (χ2v) is 3.45. The highest BCUT2D eigenvalue weighted by Gasteiger charge is 2.38. The van der Waals surface area contributed by atoms with E-state index in [-0.39, 0.29) is 5.41 Å². The van der Waals surface area contributed by atoms with E-state index in [1.807, 2.05) is 0 Å². The van der Waals surface area contributed by atoms with Crippen molar-refractivity contribution < 1.29 is 9.53 Å². The van der Waals surface area contributed by atoms with Gasteiger partial charge in [0.1, 0.15) is 5.78 Å². The maximum atomic E-state index is 10.6. The molecule has 2 heteroatoms. The number of rotatable bonds is 3. The summed E-state index contributed by atoms with van der Waals surface area (Å²) in [6.45, 7) is 2.93. The van der Waals surface area contributed by atoms with Crippen molar-refractivity contribution in [2.45, 2.75) is 26.2 Å². The Hall–Kier alpha value is -0.370. The average molecular weight is 142 g/mol. The SMILES string of the molecule is COCCC1(C)CC(=O)C1. The first kappa shape index (κ1) is 7.73. The Kier molecular flexibility index (Phi) is 2.09. The van der Waals surface area contributed by atoms with Gasteiger partial charge in [-0.2, -0.15) is 0 Å². The quantitative estimate of drug-likeness (QED) is 0.595. The van der Waals surface area contributed by atoms with Crippen LogP contribution in [0.2, 0.25) is 0 Å². The van der Waals surface area contributed by atoms with Gasteiger partial charge in [-0.05, 0) is 11.8 Å². The molecule has 0 radical (unpaired) electrons. The highest BCUT2D eigenvalue weighted by atomic mass is 16.5. The van der Waals surface area contributed by atoms with Gasteiger partial charge in [0.05, 0.1) is 0 Å². The lowest BCUT2D eigenvalue weighted by Gasteiger charge is -2.36. The number of methoxy groups -OCH3 is 1. The number of carbonyl (C=O) groups is 1. The molecule has 1 fully saturated rings. The van der Waals surface area contributed by atoms with Crippen LogP contribution in [0.15, 0.2) is 0 Å². The minimum absolute atomic E-state index is 0.271. The van der Waals surface area contributed by atoms with Crippen molar-refractivity contribution in [1.29, 1.82) is 0 Å². The predicted octanol–water partition coefficient (Wildman–Crippen LogP) is 1.39. The summed E-state index contributed by atoms with van der Waals surface area (Å²) in [4.78, 5) is 10.6. The summed E-state index contributed by atoms with van der Waals surface area (Å²) < 4.78 is 4.94. The van der Waals surface area contributed by atoms with E-state index in [2.05, 4.69) is 6.92 Å². The van der Waals surface area contributed by atoms with Crippen molar-refractivity contribution in [3.05, 3.63) is 0 Å². The molecule has 0 saturated heterocycles.